The Kier molecular flexibility index (Phi) is 3.83. The first-order chi connectivity index (χ1) is 10.6. The highest BCUT2D eigenvalue weighted by Crippen LogP contribution is 2.28. The molecule has 1 N–H and O–H groups in total. The standard InChI is InChI=1S/C16H20N4O2/c1-10-6-13(17-3)8-14(18-10)12-4-5-20(9-12)16(21)15-7-11(2)22-19-15/h6-8,12H,4-5,9H2,1-3H3,(H,17,18). The average molecular weight is 300 g/mol. The lowest BCUT2D eigenvalue weighted by Crippen LogP contribution is -2.28. The molecule has 1 aliphatic rings. The lowest BCUT2D eigenvalue weighted by atomic mass is 10.0. The third-order valence-electron chi connectivity index (χ3n) is 4.00. The predicted octanol–water partition coefficient (Wildman–Crippen LogP) is 2.36. The van der Waals surface area contributed by atoms with Gasteiger partial charge in [-0.2, -0.15) is 0 Å². The van der Waals surface area contributed by atoms with E-state index in [9.17, 15) is 4.79 Å². The van der Waals surface area contributed by atoms with Crippen molar-refractivity contribution in [3.05, 3.63) is 41.0 Å². The van der Waals surface area contributed by atoms with Crippen LogP contribution >= 0.6 is 0 Å². The third kappa shape index (κ3) is 2.81. The lowest BCUT2D eigenvalue weighted by molar-refractivity contribution is 0.0780. The summed E-state index contributed by atoms with van der Waals surface area (Å²) in [6.07, 6.45) is 0.919. The van der Waals surface area contributed by atoms with E-state index in [2.05, 4.69) is 21.5 Å². The van der Waals surface area contributed by atoms with Gasteiger partial charge in [0.15, 0.2) is 5.69 Å². The molecule has 0 aliphatic carbocycles. The van der Waals surface area contributed by atoms with Gasteiger partial charge in [-0.3, -0.25) is 9.78 Å². The summed E-state index contributed by atoms with van der Waals surface area (Å²) in [6, 6.07) is 5.76. The summed E-state index contributed by atoms with van der Waals surface area (Å²) in [5.41, 5.74) is 3.46. The SMILES string of the molecule is CNc1cc(C)nc(C2CCN(C(=O)c3cc(C)on3)C2)c1. The molecule has 1 unspecified atom stereocenters. The summed E-state index contributed by atoms with van der Waals surface area (Å²) in [6.45, 7) is 5.16. The minimum atomic E-state index is -0.0687. The van der Waals surface area contributed by atoms with E-state index in [1.807, 2.05) is 24.9 Å². The van der Waals surface area contributed by atoms with Gasteiger partial charge in [-0.25, -0.2) is 0 Å². The number of aromatic nitrogens is 2. The monoisotopic (exact) mass is 300 g/mol. The van der Waals surface area contributed by atoms with Gasteiger partial charge in [-0.15, -0.1) is 0 Å². The zero-order valence-corrected chi connectivity index (χ0v) is 13.1. The molecule has 2 aromatic rings. The van der Waals surface area contributed by atoms with E-state index >= 15 is 0 Å². The van der Waals surface area contributed by atoms with Gasteiger partial charge in [0, 0.05) is 49.2 Å². The fourth-order valence-corrected chi connectivity index (χ4v) is 2.86. The Morgan fingerprint density at radius 1 is 1.36 bits per heavy atom. The van der Waals surface area contributed by atoms with Crippen LogP contribution in [0.25, 0.3) is 0 Å². The van der Waals surface area contributed by atoms with E-state index in [1.54, 1.807) is 13.0 Å². The second-order valence-electron chi connectivity index (χ2n) is 5.73. The Morgan fingerprint density at radius 3 is 2.86 bits per heavy atom. The molecule has 3 rings (SSSR count). The summed E-state index contributed by atoms with van der Waals surface area (Å²) in [4.78, 5) is 18.8. The molecule has 6 heteroatoms. The highest BCUT2D eigenvalue weighted by Gasteiger charge is 2.30. The number of carbonyl (C=O) groups is 1. The van der Waals surface area contributed by atoms with Gasteiger partial charge in [0.2, 0.25) is 0 Å². The summed E-state index contributed by atoms with van der Waals surface area (Å²) >= 11 is 0. The van der Waals surface area contributed by atoms with Crippen molar-refractivity contribution in [1.29, 1.82) is 0 Å². The van der Waals surface area contributed by atoms with Crippen LogP contribution in [0.2, 0.25) is 0 Å². The number of hydrogen-bond acceptors (Lipinski definition) is 5. The number of nitrogens with zero attached hydrogens (tertiary/aromatic N) is 3. The van der Waals surface area contributed by atoms with Gasteiger partial charge in [0.05, 0.1) is 0 Å². The Morgan fingerprint density at radius 2 is 2.18 bits per heavy atom. The van der Waals surface area contributed by atoms with Crippen LogP contribution in [0.3, 0.4) is 0 Å². The first-order valence-corrected chi connectivity index (χ1v) is 7.45. The van der Waals surface area contributed by atoms with Crippen LogP contribution in [0.5, 0.6) is 0 Å². The van der Waals surface area contributed by atoms with E-state index < -0.39 is 0 Å². The third-order valence-corrected chi connectivity index (χ3v) is 4.00. The molecule has 0 bridgehead atoms. The molecule has 6 nitrogen and oxygen atoms in total. The number of hydrogen-bond donors (Lipinski definition) is 1. The molecule has 1 aliphatic heterocycles. The number of anilines is 1. The molecule has 116 valence electrons. The zero-order valence-electron chi connectivity index (χ0n) is 13.1. The van der Waals surface area contributed by atoms with Crippen LogP contribution in [0.15, 0.2) is 22.7 Å². The molecule has 1 fully saturated rings. The minimum absolute atomic E-state index is 0.0687. The van der Waals surface area contributed by atoms with Crippen LogP contribution < -0.4 is 5.32 Å². The molecule has 22 heavy (non-hydrogen) atoms. The van der Waals surface area contributed by atoms with E-state index in [1.165, 1.54) is 0 Å². The topological polar surface area (TPSA) is 71.3 Å². The van der Waals surface area contributed by atoms with E-state index in [4.69, 9.17) is 4.52 Å². The maximum atomic E-state index is 12.4. The molecular weight excluding hydrogens is 280 g/mol. The zero-order chi connectivity index (χ0) is 15.7. The summed E-state index contributed by atoms with van der Waals surface area (Å²) in [5, 5.41) is 6.96. The van der Waals surface area contributed by atoms with Crippen molar-refractivity contribution in [2.24, 2.45) is 0 Å². The van der Waals surface area contributed by atoms with Crippen molar-refractivity contribution in [3.8, 4) is 0 Å². The normalized spacial score (nSPS) is 17.8. The lowest BCUT2D eigenvalue weighted by Gasteiger charge is -2.15. The first kappa shape index (κ1) is 14.6. The van der Waals surface area contributed by atoms with Gasteiger partial charge >= 0.3 is 0 Å². The molecule has 0 spiro atoms. The van der Waals surface area contributed by atoms with Gasteiger partial charge in [0.25, 0.3) is 5.91 Å². The fourth-order valence-electron chi connectivity index (χ4n) is 2.86. The Bertz CT molecular complexity index is 695. The maximum Gasteiger partial charge on any atom is 0.276 e. The highest BCUT2D eigenvalue weighted by molar-refractivity contribution is 5.92. The van der Waals surface area contributed by atoms with Crippen LogP contribution in [0.1, 0.15) is 40.0 Å². The molecule has 2 aromatic heterocycles. The smallest absolute Gasteiger partial charge is 0.276 e. The quantitative estimate of drug-likeness (QED) is 0.942. The van der Waals surface area contributed by atoms with E-state index in [0.717, 1.165) is 30.0 Å². The molecule has 1 saturated heterocycles. The molecule has 3 heterocycles. The predicted molar refractivity (Wildman–Crippen MR) is 83.0 cm³/mol. The van der Waals surface area contributed by atoms with Crippen molar-refractivity contribution in [3.63, 3.8) is 0 Å². The summed E-state index contributed by atoms with van der Waals surface area (Å²) in [5.74, 6) is 0.850. The molecule has 0 aromatic carbocycles. The number of pyridine rings is 1. The molecule has 1 atom stereocenters. The van der Waals surface area contributed by atoms with E-state index in [0.29, 0.717) is 18.0 Å². The Labute approximate surface area is 129 Å². The maximum absolute atomic E-state index is 12.4. The number of aryl methyl sites for hydroxylation is 2. The van der Waals surface area contributed by atoms with Crippen molar-refractivity contribution in [1.82, 2.24) is 15.0 Å². The molecular formula is C16H20N4O2. The number of amides is 1. The second kappa shape index (κ2) is 5.79. The van der Waals surface area contributed by atoms with Crippen molar-refractivity contribution in [2.75, 3.05) is 25.5 Å². The Hall–Kier alpha value is -2.37. The van der Waals surface area contributed by atoms with Crippen molar-refractivity contribution in [2.45, 2.75) is 26.2 Å². The van der Waals surface area contributed by atoms with Crippen LogP contribution in [-0.2, 0) is 0 Å². The van der Waals surface area contributed by atoms with Crippen LogP contribution in [-0.4, -0.2) is 41.1 Å². The van der Waals surface area contributed by atoms with Crippen LogP contribution in [0, 0.1) is 13.8 Å². The highest BCUT2D eigenvalue weighted by atomic mass is 16.5. The molecule has 0 saturated carbocycles. The van der Waals surface area contributed by atoms with Gasteiger partial charge in [0.1, 0.15) is 5.76 Å². The summed E-state index contributed by atoms with van der Waals surface area (Å²) < 4.78 is 4.98. The molecule has 1 amide bonds. The van der Waals surface area contributed by atoms with Gasteiger partial charge in [-0.1, -0.05) is 5.16 Å². The molecule has 0 radical (unpaired) electrons. The number of rotatable bonds is 3. The van der Waals surface area contributed by atoms with E-state index in [-0.39, 0.29) is 11.8 Å². The van der Waals surface area contributed by atoms with Crippen molar-refractivity contribution < 1.29 is 9.32 Å². The van der Waals surface area contributed by atoms with Crippen LogP contribution in [0.4, 0.5) is 5.69 Å². The minimum Gasteiger partial charge on any atom is -0.388 e. The van der Waals surface area contributed by atoms with Crippen molar-refractivity contribution >= 4 is 11.6 Å². The Balaban J connectivity index is 1.74. The van der Waals surface area contributed by atoms with Gasteiger partial charge < -0.3 is 14.7 Å². The number of likely N-dealkylation sites (tertiary alicyclic amines) is 1. The number of carbonyl (C=O) groups excluding carboxylic acids is 1. The average Bonchev–Trinajstić information content (AvgIpc) is 3.15. The summed E-state index contributed by atoms with van der Waals surface area (Å²) in [7, 11) is 1.90. The fraction of sp³-hybridized carbons (Fsp3) is 0.438. The largest absolute Gasteiger partial charge is 0.388 e. The van der Waals surface area contributed by atoms with Gasteiger partial charge in [-0.05, 0) is 32.4 Å². The second-order valence-corrected chi connectivity index (χ2v) is 5.73. The number of nitrogens with one attached hydrogen (secondary N) is 1. The first-order valence-electron chi connectivity index (χ1n) is 7.45.